The first kappa shape index (κ1) is 21.2. The molecule has 2 aromatic rings. The van der Waals surface area contributed by atoms with Crippen LogP contribution in [0.4, 0.5) is 21.0 Å². The van der Waals surface area contributed by atoms with Crippen LogP contribution in [0.3, 0.4) is 0 Å². The first-order chi connectivity index (χ1) is 15.5. The van der Waals surface area contributed by atoms with Gasteiger partial charge in [0.2, 0.25) is 0 Å². The van der Waals surface area contributed by atoms with Crippen LogP contribution in [-0.4, -0.2) is 36.9 Å². The van der Waals surface area contributed by atoms with Crippen molar-refractivity contribution in [2.24, 2.45) is 5.73 Å². The largest absolute Gasteiger partial charge is 0.452 e. The molecular formula is C24H24N4O4. The molecular weight excluding hydrogens is 408 g/mol. The van der Waals surface area contributed by atoms with Gasteiger partial charge in [-0.15, -0.1) is 0 Å². The lowest BCUT2D eigenvalue weighted by molar-refractivity contribution is 0.175. The summed E-state index contributed by atoms with van der Waals surface area (Å²) in [7, 11) is 1.33. The number of aromatic nitrogens is 1. The summed E-state index contributed by atoms with van der Waals surface area (Å²) in [5.74, 6) is 0.336. The number of benzene rings is 1. The molecule has 0 bridgehead atoms. The van der Waals surface area contributed by atoms with Gasteiger partial charge in [0.15, 0.2) is 5.75 Å². The number of rotatable bonds is 2. The van der Waals surface area contributed by atoms with E-state index in [2.05, 4.69) is 4.98 Å². The van der Waals surface area contributed by atoms with Gasteiger partial charge < -0.3 is 15.2 Å². The minimum atomic E-state index is -0.562. The van der Waals surface area contributed by atoms with Crippen molar-refractivity contribution in [1.29, 1.82) is 0 Å². The van der Waals surface area contributed by atoms with Crippen molar-refractivity contribution < 1.29 is 19.1 Å². The van der Waals surface area contributed by atoms with Crippen LogP contribution in [0.25, 0.3) is 5.57 Å². The highest BCUT2D eigenvalue weighted by atomic mass is 16.6. The molecule has 2 heterocycles. The summed E-state index contributed by atoms with van der Waals surface area (Å²) >= 11 is 0. The quantitative estimate of drug-likeness (QED) is 0.762. The van der Waals surface area contributed by atoms with E-state index in [4.69, 9.17) is 15.2 Å². The standard InChI is InChI=1S/C24H24N4O4/c1-16-15-27(23(29)32-18-7-6-12-26-14-18)22-13-17(19-8-4-3-5-9-20(19)25)10-11-21(22)28(16)24(30)31-2/h3-8,10-14,16H,9,15,25H2,1-2H3/t16-/m0/s1. The predicted molar refractivity (Wildman–Crippen MR) is 122 cm³/mol. The molecule has 0 spiro atoms. The van der Waals surface area contributed by atoms with E-state index >= 15 is 0 Å². The highest BCUT2D eigenvalue weighted by molar-refractivity contribution is 6.02. The molecule has 2 N–H and O–H groups in total. The van der Waals surface area contributed by atoms with E-state index in [-0.39, 0.29) is 12.6 Å². The number of anilines is 2. The number of carbonyl (C=O) groups is 2. The van der Waals surface area contributed by atoms with Crippen molar-refractivity contribution in [2.45, 2.75) is 19.4 Å². The van der Waals surface area contributed by atoms with E-state index in [1.54, 1.807) is 24.4 Å². The van der Waals surface area contributed by atoms with E-state index in [1.807, 2.05) is 43.4 Å². The number of carbonyl (C=O) groups excluding carboxylic acids is 2. The van der Waals surface area contributed by atoms with Crippen LogP contribution in [0.5, 0.6) is 5.75 Å². The average molecular weight is 432 g/mol. The Kier molecular flexibility index (Phi) is 5.93. The second-order valence-electron chi connectivity index (χ2n) is 7.49. The van der Waals surface area contributed by atoms with Crippen LogP contribution in [-0.2, 0) is 4.74 Å². The Labute approximate surface area is 186 Å². The highest BCUT2D eigenvalue weighted by Crippen LogP contribution is 2.39. The second-order valence-corrected chi connectivity index (χ2v) is 7.49. The van der Waals surface area contributed by atoms with Crippen LogP contribution in [0, 0.1) is 0 Å². The number of fused-ring (bicyclic) bond motifs is 1. The van der Waals surface area contributed by atoms with Crippen molar-refractivity contribution in [3.63, 3.8) is 0 Å². The van der Waals surface area contributed by atoms with E-state index < -0.39 is 12.2 Å². The monoisotopic (exact) mass is 432 g/mol. The molecule has 0 unspecified atom stereocenters. The third-order valence-electron chi connectivity index (χ3n) is 5.35. The summed E-state index contributed by atoms with van der Waals surface area (Å²) in [5, 5.41) is 0. The Bertz CT molecular complexity index is 1120. The molecule has 1 aliphatic carbocycles. The Morgan fingerprint density at radius 2 is 2.00 bits per heavy atom. The zero-order chi connectivity index (χ0) is 22.7. The fraction of sp³-hybridized carbons (Fsp3) is 0.208. The molecule has 0 saturated carbocycles. The summed E-state index contributed by atoms with van der Waals surface area (Å²) in [6.07, 6.45) is 10.4. The third kappa shape index (κ3) is 4.07. The van der Waals surface area contributed by atoms with E-state index in [1.165, 1.54) is 23.1 Å². The number of methoxy groups -OCH3 is 1. The van der Waals surface area contributed by atoms with E-state index in [0.717, 1.165) is 11.1 Å². The number of amides is 2. The maximum atomic E-state index is 13.1. The third-order valence-corrected chi connectivity index (χ3v) is 5.35. The first-order valence-corrected chi connectivity index (χ1v) is 10.2. The molecule has 32 heavy (non-hydrogen) atoms. The number of pyridine rings is 1. The lowest BCUT2D eigenvalue weighted by Gasteiger charge is -2.39. The maximum absolute atomic E-state index is 13.1. The molecule has 2 aliphatic rings. The van der Waals surface area contributed by atoms with Crippen LogP contribution < -0.4 is 20.3 Å². The smallest absolute Gasteiger partial charge is 0.419 e. The van der Waals surface area contributed by atoms with Crippen LogP contribution in [0.15, 0.2) is 72.7 Å². The lowest BCUT2D eigenvalue weighted by atomic mass is 9.99. The average Bonchev–Trinajstić information content (AvgIpc) is 3.02. The number of hydrogen-bond donors (Lipinski definition) is 1. The molecule has 0 saturated heterocycles. The number of ether oxygens (including phenoxy) is 2. The number of nitrogens with zero attached hydrogens (tertiary/aromatic N) is 3. The van der Waals surface area contributed by atoms with Gasteiger partial charge in [-0.25, -0.2) is 9.59 Å². The normalized spacial score (nSPS) is 17.6. The molecule has 1 aromatic carbocycles. The topological polar surface area (TPSA) is 98.0 Å². The van der Waals surface area contributed by atoms with E-state index in [9.17, 15) is 9.59 Å². The van der Waals surface area contributed by atoms with Crippen molar-refractivity contribution in [3.8, 4) is 5.75 Å². The SMILES string of the molecule is COC(=O)N1c2ccc(C3=C(N)CC=CC=C3)cc2N(C(=O)Oc2cccnc2)C[C@@H]1C. The van der Waals surface area contributed by atoms with Gasteiger partial charge in [0, 0.05) is 23.9 Å². The van der Waals surface area contributed by atoms with Gasteiger partial charge >= 0.3 is 12.2 Å². The van der Waals surface area contributed by atoms with Crippen LogP contribution in [0.1, 0.15) is 18.9 Å². The molecule has 8 heteroatoms. The van der Waals surface area contributed by atoms with Gasteiger partial charge in [-0.05, 0) is 36.8 Å². The molecule has 1 atom stereocenters. The number of hydrogen-bond acceptors (Lipinski definition) is 6. The Hall–Kier alpha value is -4.07. The Morgan fingerprint density at radius 3 is 2.75 bits per heavy atom. The minimum Gasteiger partial charge on any atom is -0.452 e. The summed E-state index contributed by atoms with van der Waals surface area (Å²) in [5.41, 5.74) is 9.78. The van der Waals surface area contributed by atoms with Crippen molar-refractivity contribution in [2.75, 3.05) is 23.5 Å². The van der Waals surface area contributed by atoms with Gasteiger partial charge in [-0.1, -0.05) is 30.4 Å². The summed E-state index contributed by atoms with van der Waals surface area (Å²) < 4.78 is 10.5. The zero-order valence-corrected chi connectivity index (χ0v) is 17.9. The fourth-order valence-corrected chi connectivity index (χ4v) is 3.83. The van der Waals surface area contributed by atoms with Gasteiger partial charge in [-0.2, -0.15) is 0 Å². The van der Waals surface area contributed by atoms with Crippen molar-refractivity contribution in [3.05, 3.63) is 78.3 Å². The fourth-order valence-electron chi connectivity index (χ4n) is 3.83. The zero-order valence-electron chi connectivity index (χ0n) is 17.9. The molecule has 164 valence electrons. The lowest BCUT2D eigenvalue weighted by Crippen LogP contribution is -2.52. The summed E-state index contributed by atoms with van der Waals surface area (Å²) in [6.45, 7) is 2.08. The van der Waals surface area contributed by atoms with Gasteiger partial charge in [-0.3, -0.25) is 14.8 Å². The Morgan fingerprint density at radius 1 is 1.16 bits per heavy atom. The molecule has 8 nitrogen and oxygen atoms in total. The second kappa shape index (κ2) is 8.97. The van der Waals surface area contributed by atoms with Crippen molar-refractivity contribution in [1.82, 2.24) is 4.98 Å². The minimum absolute atomic E-state index is 0.233. The molecule has 2 amide bonds. The first-order valence-electron chi connectivity index (χ1n) is 10.2. The molecule has 1 aliphatic heterocycles. The predicted octanol–water partition coefficient (Wildman–Crippen LogP) is 4.25. The summed E-state index contributed by atoms with van der Waals surface area (Å²) in [6, 6.07) is 8.55. The van der Waals surface area contributed by atoms with Gasteiger partial charge in [0.25, 0.3) is 0 Å². The Balaban J connectivity index is 1.78. The molecule has 4 rings (SSSR count). The van der Waals surface area contributed by atoms with Gasteiger partial charge in [0.05, 0.1) is 37.3 Å². The number of nitrogens with two attached hydrogens (primary N) is 1. The molecule has 1 aromatic heterocycles. The maximum Gasteiger partial charge on any atom is 0.419 e. The molecule has 0 radical (unpaired) electrons. The number of allylic oxidation sites excluding steroid dienone is 5. The molecule has 0 fully saturated rings. The van der Waals surface area contributed by atoms with Crippen molar-refractivity contribution >= 4 is 29.1 Å². The van der Waals surface area contributed by atoms with Gasteiger partial charge in [0.1, 0.15) is 0 Å². The summed E-state index contributed by atoms with van der Waals surface area (Å²) in [4.78, 5) is 32.7. The van der Waals surface area contributed by atoms with E-state index in [0.29, 0.717) is 29.2 Å². The highest BCUT2D eigenvalue weighted by Gasteiger charge is 2.36. The van der Waals surface area contributed by atoms with Crippen LogP contribution >= 0.6 is 0 Å². The van der Waals surface area contributed by atoms with Crippen LogP contribution in [0.2, 0.25) is 0 Å².